The average Bonchev–Trinajstić information content (AvgIpc) is 2.86. The Labute approximate surface area is 112 Å². The van der Waals surface area contributed by atoms with Crippen molar-refractivity contribution in [2.75, 3.05) is 0 Å². The van der Waals surface area contributed by atoms with Crippen molar-refractivity contribution < 1.29 is 4.79 Å². The lowest BCUT2D eigenvalue weighted by Crippen LogP contribution is -2.17. The summed E-state index contributed by atoms with van der Waals surface area (Å²) < 4.78 is 0. The first kappa shape index (κ1) is 12.7. The van der Waals surface area contributed by atoms with Crippen LogP contribution in [0, 0.1) is 23.7 Å². The summed E-state index contributed by atoms with van der Waals surface area (Å²) in [6, 6.07) is 0. The quantitative estimate of drug-likeness (QED) is 0.657. The zero-order valence-electron chi connectivity index (χ0n) is 11.7. The van der Waals surface area contributed by atoms with Crippen molar-refractivity contribution in [1.82, 2.24) is 0 Å². The van der Waals surface area contributed by atoms with E-state index in [4.69, 9.17) is 0 Å². The molecule has 2 bridgehead atoms. The second-order valence-electron chi connectivity index (χ2n) is 7.24. The fourth-order valence-electron chi connectivity index (χ4n) is 4.89. The van der Waals surface area contributed by atoms with E-state index in [1.807, 2.05) is 0 Å². The maximum absolute atomic E-state index is 12.3. The SMILES string of the molecule is O=C(CC1CCCCCC1)CC1CC2CCC1C2. The van der Waals surface area contributed by atoms with Crippen molar-refractivity contribution >= 4 is 5.78 Å². The molecule has 3 rings (SSSR count). The molecule has 3 fully saturated rings. The van der Waals surface area contributed by atoms with Crippen LogP contribution in [-0.4, -0.2) is 5.78 Å². The molecule has 3 aliphatic rings. The lowest BCUT2D eigenvalue weighted by Gasteiger charge is -2.22. The molecule has 0 radical (unpaired) electrons. The zero-order chi connectivity index (χ0) is 12.4. The topological polar surface area (TPSA) is 17.1 Å². The summed E-state index contributed by atoms with van der Waals surface area (Å²) in [7, 11) is 0. The van der Waals surface area contributed by atoms with Crippen LogP contribution < -0.4 is 0 Å². The van der Waals surface area contributed by atoms with Gasteiger partial charge >= 0.3 is 0 Å². The minimum atomic E-state index is 0.597. The van der Waals surface area contributed by atoms with Crippen LogP contribution in [0.1, 0.15) is 77.0 Å². The van der Waals surface area contributed by atoms with Gasteiger partial charge < -0.3 is 0 Å². The second-order valence-corrected chi connectivity index (χ2v) is 7.24. The highest BCUT2D eigenvalue weighted by Gasteiger charge is 2.40. The Balaban J connectivity index is 1.44. The highest BCUT2D eigenvalue weighted by atomic mass is 16.1. The second kappa shape index (κ2) is 5.75. The highest BCUT2D eigenvalue weighted by Crippen LogP contribution is 2.49. The minimum absolute atomic E-state index is 0.597. The number of carbonyl (C=O) groups excluding carboxylic acids is 1. The summed E-state index contributed by atoms with van der Waals surface area (Å²) in [4.78, 5) is 12.3. The molecule has 102 valence electrons. The van der Waals surface area contributed by atoms with Crippen LogP contribution in [0.2, 0.25) is 0 Å². The number of hydrogen-bond donors (Lipinski definition) is 0. The molecule has 1 nitrogen and oxygen atoms in total. The summed E-state index contributed by atoms with van der Waals surface area (Å²) in [5.74, 6) is 4.03. The van der Waals surface area contributed by atoms with E-state index in [0.29, 0.717) is 5.78 Å². The van der Waals surface area contributed by atoms with Gasteiger partial charge in [-0.2, -0.15) is 0 Å². The fraction of sp³-hybridized carbons (Fsp3) is 0.941. The molecule has 3 atom stereocenters. The van der Waals surface area contributed by atoms with E-state index in [9.17, 15) is 4.79 Å². The number of ketones is 1. The van der Waals surface area contributed by atoms with Crippen molar-refractivity contribution in [3.63, 3.8) is 0 Å². The van der Waals surface area contributed by atoms with Crippen molar-refractivity contribution in [3.8, 4) is 0 Å². The third kappa shape index (κ3) is 2.97. The Hall–Kier alpha value is -0.330. The van der Waals surface area contributed by atoms with Crippen molar-refractivity contribution in [1.29, 1.82) is 0 Å². The Morgan fingerprint density at radius 2 is 1.61 bits per heavy atom. The molecule has 3 aliphatic carbocycles. The van der Waals surface area contributed by atoms with Crippen LogP contribution >= 0.6 is 0 Å². The first-order valence-electron chi connectivity index (χ1n) is 8.33. The van der Waals surface area contributed by atoms with Crippen LogP contribution in [0.25, 0.3) is 0 Å². The minimum Gasteiger partial charge on any atom is -0.300 e. The predicted molar refractivity (Wildman–Crippen MR) is 74.4 cm³/mol. The summed E-state index contributed by atoms with van der Waals surface area (Å²) >= 11 is 0. The maximum atomic E-state index is 12.3. The van der Waals surface area contributed by atoms with Gasteiger partial charge in [0, 0.05) is 12.8 Å². The lowest BCUT2D eigenvalue weighted by molar-refractivity contribution is -0.121. The van der Waals surface area contributed by atoms with Crippen molar-refractivity contribution in [2.45, 2.75) is 77.0 Å². The zero-order valence-corrected chi connectivity index (χ0v) is 11.7. The Bertz CT molecular complexity index is 288. The molecule has 0 aromatic rings. The molecule has 3 saturated carbocycles. The van der Waals surface area contributed by atoms with Gasteiger partial charge in [0.15, 0.2) is 0 Å². The number of rotatable bonds is 4. The smallest absolute Gasteiger partial charge is 0.133 e. The molecule has 3 unspecified atom stereocenters. The predicted octanol–water partition coefficient (Wildman–Crippen LogP) is 4.74. The van der Waals surface area contributed by atoms with Crippen LogP contribution in [0.15, 0.2) is 0 Å². The van der Waals surface area contributed by atoms with E-state index in [0.717, 1.165) is 36.5 Å². The van der Waals surface area contributed by atoms with Crippen LogP contribution in [0.5, 0.6) is 0 Å². The van der Waals surface area contributed by atoms with Gasteiger partial charge in [-0.3, -0.25) is 4.79 Å². The van der Waals surface area contributed by atoms with Crippen LogP contribution in [-0.2, 0) is 4.79 Å². The molecular weight excluding hydrogens is 220 g/mol. The Kier molecular flexibility index (Phi) is 4.06. The van der Waals surface area contributed by atoms with E-state index in [1.165, 1.54) is 64.2 Å². The number of Topliss-reactive ketones (excluding diaryl/α,β-unsaturated/α-hetero) is 1. The molecule has 0 spiro atoms. The molecule has 0 N–H and O–H groups in total. The molecule has 1 heteroatoms. The molecule has 0 heterocycles. The van der Waals surface area contributed by atoms with Gasteiger partial charge in [0.2, 0.25) is 0 Å². The van der Waals surface area contributed by atoms with Gasteiger partial charge in [-0.1, -0.05) is 44.9 Å². The molecule has 0 aliphatic heterocycles. The number of fused-ring (bicyclic) bond motifs is 2. The van der Waals surface area contributed by atoms with Crippen molar-refractivity contribution in [3.05, 3.63) is 0 Å². The monoisotopic (exact) mass is 248 g/mol. The Morgan fingerprint density at radius 3 is 2.22 bits per heavy atom. The van der Waals surface area contributed by atoms with E-state index >= 15 is 0 Å². The third-order valence-corrected chi connectivity index (χ3v) is 5.87. The number of carbonyl (C=O) groups is 1. The largest absolute Gasteiger partial charge is 0.300 e. The summed E-state index contributed by atoms with van der Waals surface area (Å²) in [5.41, 5.74) is 0. The van der Waals surface area contributed by atoms with Gasteiger partial charge in [0.1, 0.15) is 5.78 Å². The standard InChI is InChI=1S/C17H28O/c18-17(11-13-5-3-1-2-4-6-13)12-16-10-14-7-8-15(16)9-14/h13-16H,1-12H2. The van der Waals surface area contributed by atoms with Crippen molar-refractivity contribution in [2.24, 2.45) is 23.7 Å². The maximum Gasteiger partial charge on any atom is 0.133 e. The molecule has 0 aromatic carbocycles. The fourth-order valence-corrected chi connectivity index (χ4v) is 4.89. The average molecular weight is 248 g/mol. The summed E-state index contributed by atoms with van der Waals surface area (Å²) in [6.45, 7) is 0. The molecule has 18 heavy (non-hydrogen) atoms. The van der Waals surface area contributed by atoms with Crippen LogP contribution in [0.4, 0.5) is 0 Å². The van der Waals surface area contributed by atoms with Gasteiger partial charge in [-0.25, -0.2) is 0 Å². The Morgan fingerprint density at radius 1 is 0.833 bits per heavy atom. The van der Waals surface area contributed by atoms with Gasteiger partial charge in [-0.05, 0) is 42.9 Å². The first-order valence-corrected chi connectivity index (χ1v) is 8.33. The molecule has 0 amide bonds. The van der Waals surface area contributed by atoms with Gasteiger partial charge in [-0.15, -0.1) is 0 Å². The first-order chi connectivity index (χ1) is 8.81. The van der Waals surface area contributed by atoms with E-state index in [2.05, 4.69) is 0 Å². The number of hydrogen-bond acceptors (Lipinski definition) is 1. The normalized spacial score (nSPS) is 36.8. The summed E-state index contributed by atoms with van der Waals surface area (Å²) in [5, 5.41) is 0. The van der Waals surface area contributed by atoms with E-state index in [-0.39, 0.29) is 0 Å². The lowest BCUT2D eigenvalue weighted by atomic mass is 9.83. The van der Waals surface area contributed by atoms with Gasteiger partial charge in [0.05, 0.1) is 0 Å². The summed E-state index contributed by atoms with van der Waals surface area (Å²) in [6.07, 6.45) is 15.7. The van der Waals surface area contributed by atoms with Gasteiger partial charge in [0.25, 0.3) is 0 Å². The highest BCUT2D eigenvalue weighted by molar-refractivity contribution is 5.79. The molecular formula is C17H28O. The molecule has 0 saturated heterocycles. The third-order valence-electron chi connectivity index (χ3n) is 5.87. The van der Waals surface area contributed by atoms with E-state index in [1.54, 1.807) is 0 Å². The van der Waals surface area contributed by atoms with E-state index < -0.39 is 0 Å². The van der Waals surface area contributed by atoms with Crippen LogP contribution in [0.3, 0.4) is 0 Å². The molecule has 0 aromatic heterocycles.